The molecule has 0 radical (unpaired) electrons. The lowest BCUT2D eigenvalue weighted by atomic mass is 10.2. The first-order chi connectivity index (χ1) is 12.0. The summed E-state index contributed by atoms with van der Waals surface area (Å²) in [4.78, 5) is 38.2. The van der Waals surface area contributed by atoms with Crippen molar-refractivity contribution in [2.45, 2.75) is 12.5 Å². The third-order valence-electron chi connectivity index (χ3n) is 4.05. The maximum atomic E-state index is 12.1. The molecule has 0 aliphatic carbocycles. The summed E-state index contributed by atoms with van der Waals surface area (Å²) in [5.41, 5.74) is 1.17. The predicted octanol–water partition coefficient (Wildman–Crippen LogP) is 0.843. The van der Waals surface area contributed by atoms with Gasteiger partial charge in [-0.05, 0) is 12.1 Å². The van der Waals surface area contributed by atoms with E-state index in [1.807, 2.05) is 0 Å². The van der Waals surface area contributed by atoms with Crippen molar-refractivity contribution in [1.29, 1.82) is 0 Å². The fraction of sp³-hybridized carbons (Fsp3) is 0.438. The molecule has 3 amide bonds. The van der Waals surface area contributed by atoms with Crippen LogP contribution < -0.4 is 19.9 Å². The number of likely N-dealkylation sites (N-methyl/N-ethyl adjacent to an activating group) is 1. The van der Waals surface area contributed by atoms with Gasteiger partial charge in [-0.1, -0.05) is 0 Å². The highest BCUT2D eigenvalue weighted by Crippen LogP contribution is 2.36. The maximum absolute atomic E-state index is 12.1. The number of amides is 3. The molecule has 1 fully saturated rings. The van der Waals surface area contributed by atoms with Crippen LogP contribution in [0.25, 0.3) is 0 Å². The van der Waals surface area contributed by atoms with Crippen molar-refractivity contribution in [2.75, 3.05) is 43.2 Å². The molecule has 25 heavy (non-hydrogen) atoms. The minimum Gasteiger partial charge on any atom is -0.481 e. The lowest BCUT2D eigenvalue weighted by Crippen LogP contribution is -2.35. The Balaban J connectivity index is 1.69. The molecule has 9 heteroatoms. The summed E-state index contributed by atoms with van der Waals surface area (Å²) in [7, 11) is 1.65. The van der Waals surface area contributed by atoms with Crippen molar-refractivity contribution in [3.8, 4) is 5.75 Å². The summed E-state index contributed by atoms with van der Waals surface area (Å²) in [6, 6.07) is 5.03. The number of nitrogens with zero attached hydrogens (tertiary/aromatic N) is 2. The van der Waals surface area contributed by atoms with Crippen LogP contribution in [-0.4, -0.2) is 57.4 Å². The first-order valence-electron chi connectivity index (χ1n) is 7.84. The van der Waals surface area contributed by atoms with Gasteiger partial charge in [0.25, 0.3) is 5.91 Å². The van der Waals surface area contributed by atoms with Crippen molar-refractivity contribution in [3.05, 3.63) is 18.2 Å². The molecule has 134 valence electrons. The number of anilines is 2. The van der Waals surface area contributed by atoms with Crippen LogP contribution >= 0.6 is 0 Å². The molecule has 8 nitrogen and oxygen atoms in total. The number of halogens is 1. The molecule has 1 aromatic carbocycles. The molecule has 0 aromatic heterocycles. The lowest BCUT2D eigenvalue weighted by molar-refractivity contribution is -0.122. The number of benzene rings is 1. The Morgan fingerprint density at radius 3 is 2.96 bits per heavy atom. The Labute approximate surface area is 143 Å². The molecule has 0 saturated carbocycles. The lowest BCUT2D eigenvalue weighted by Gasteiger charge is -2.27. The van der Waals surface area contributed by atoms with E-state index in [4.69, 9.17) is 9.47 Å². The number of fused-ring (bicyclic) bond motifs is 1. The van der Waals surface area contributed by atoms with Crippen molar-refractivity contribution in [1.82, 2.24) is 5.32 Å². The molecule has 3 rings (SSSR count). The van der Waals surface area contributed by atoms with Crippen LogP contribution in [0.5, 0.6) is 5.75 Å². The van der Waals surface area contributed by atoms with Gasteiger partial charge < -0.3 is 19.7 Å². The zero-order valence-corrected chi connectivity index (χ0v) is 13.7. The Morgan fingerprint density at radius 2 is 2.20 bits per heavy atom. The third kappa shape index (κ3) is 3.49. The van der Waals surface area contributed by atoms with Crippen molar-refractivity contribution >= 4 is 29.3 Å². The van der Waals surface area contributed by atoms with Gasteiger partial charge in [0, 0.05) is 19.7 Å². The number of hydrogen-bond acceptors (Lipinski definition) is 5. The summed E-state index contributed by atoms with van der Waals surface area (Å²) in [6.07, 6.45) is -1.20. The van der Waals surface area contributed by atoms with Crippen molar-refractivity contribution in [2.24, 2.45) is 0 Å². The van der Waals surface area contributed by atoms with E-state index < -0.39 is 18.9 Å². The van der Waals surface area contributed by atoms with Gasteiger partial charge in [-0.3, -0.25) is 14.5 Å². The van der Waals surface area contributed by atoms with Gasteiger partial charge in [-0.2, -0.15) is 0 Å². The Bertz CT molecular complexity index is 711. The summed E-state index contributed by atoms with van der Waals surface area (Å²) in [6.45, 7) is -0.559. The van der Waals surface area contributed by atoms with E-state index in [1.165, 1.54) is 9.80 Å². The first-order valence-corrected chi connectivity index (χ1v) is 7.84. The summed E-state index contributed by atoms with van der Waals surface area (Å²) in [5, 5.41) is 2.40. The normalized spacial score (nSPS) is 19.4. The van der Waals surface area contributed by atoms with E-state index in [-0.39, 0.29) is 37.9 Å². The predicted molar refractivity (Wildman–Crippen MR) is 86.6 cm³/mol. The second-order valence-electron chi connectivity index (χ2n) is 5.75. The Morgan fingerprint density at radius 1 is 1.40 bits per heavy atom. The molecule has 0 unspecified atom stereocenters. The molecule has 1 saturated heterocycles. The highest BCUT2D eigenvalue weighted by atomic mass is 19.1. The quantitative estimate of drug-likeness (QED) is 0.849. The summed E-state index contributed by atoms with van der Waals surface area (Å²) >= 11 is 0. The number of alkyl halides is 1. The van der Waals surface area contributed by atoms with Gasteiger partial charge in [0.15, 0.2) is 6.61 Å². The average molecular weight is 351 g/mol. The molecule has 2 aliphatic rings. The van der Waals surface area contributed by atoms with E-state index >= 15 is 0 Å². The van der Waals surface area contributed by atoms with E-state index in [0.29, 0.717) is 17.1 Å². The highest BCUT2D eigenvalue weighted by molar-refractivity contribution is 5.98. The van der Waals surface area contributed by atoms with Crippen LogP contribution in [0.2, 0.25) is 0 Å². The zero-order chi connectivity index (χ0) is 18.0. The fourth-order valence-electron chi connectivity index (χ4n) is 2.74. The second kappa shape index (κ2) is 6.96. The molecular formula is C16H18FN3O5. The van der Waals surface area contributed by atoms with Crippen LogP contribution in [0.3, 0.4) is 0 Å². The topological polar surface area (TPSA) is 88.2 Å². The SMILES string of the molecule is CN1C(=O)COc2cc(N3C[C@@H](CC(=O)NCCF)OC3=O)ccc21. The van der Waals surface area contributed by atoms with Crippen molar-refractivity contribution in [3.63, 3.8) is 0 Å². The van der Waals surface area contributed by atoms with Crippen LogP contribution in [0.15, 0.2) is 18.2 Å². The molecule has 0 bridgehead atoms. The van der Waals surface area contributed by atoms with Gasteiger partial charge in [0.1, 0.15) is 18.5 Å². The number of hydrogen-bond donors (Lipinski definition) is 1. The number of nitrogens with one attached hydrogen (secondary N) is 1. The molecule has 0 spiro atoms. The van der Waals surface area contributed by atoms with Crippen LogP contribution in [0.4, 0.5) is 20.6 Å². The maximum Gasteiger partial charge on any atom is 0.414 e. The standard InChI is InChI=1S/C16H18FN3O5/c1-19-12-3-2-10(6-13(12)24-9-15(19)22)20-8-11(25-16(20)23)7-14(21)18-5-4-17/h2-3,6,11H,4-5,7-9H2,1H3,(H,18,21)/t11-/m1/s1. The van der Waals surface area contributed by atoms with Crippen LogP contribution in [0, 0.1) is 0 Å². The summed E-state index contributed by atoms with van der Waals surface area (Å²) in [5.74, 6) is -0.0251. The zero-order valence-electron chi connectivity index (χ0n) is 13.7. The Hall–Kier alpha value is -2.84. The number of ether oxygens (including phenoxy) is 2. The fourth-order valence-corrected chi connectivity index (χ4v) is 2.74. The van der Waals surface area contributed by atoms with E-state index in [2.05, 4.69) is 5.32 Å². The van der Waals surface area contributed by atoms with Gasteiger partial charge >= 0.3 is 6.09 Å². The van der Waals surface area contributed by atoms with Crippen LogP contribution in [0.1, 0.15) is 6.42 Å². The van der Waals surface area contributed by atoms with E-state index in [0.717, 1.165) is 0 Å². The number of cyclic esters (lactones) is 1. The third-order valence-corrected chi connectivity index (χ3v) is 4.05. The molecule has 2 heterocycles. The van der Waals surface area contributed by atoms with Crippen molar-refractivity contribution < 1.29 is 28.2 Å². The molecule has 1 N–H and O–H groups in total. The van der Waals surface area contributed by atoms with Gasteiger partial charge in [-0.15, -0.1) is 0 Å². The van der Waals surface area contributed by atoms with Gasteiger partial charge in [0.05, 0.1) is 24.3 Å². The highest BCUT2D eigenvalue weighted by Gasteiger charge is 2.34. The van der Waals surface area contributed by atoms with E-state index in [1.54, 1.807) is 25.2 Å². The average Bonchev–Trinajstić information content (AvgIpc) is 2.96. The monoisotopic (exact) mass is 351 g/mol. The van der Waals surface area contributed by atoms with E-state index in [9.17, 15) is 18.8 Å². The first kappa shape index (κ1) is 17.0. The second-order valence-corrected chi connectivity index (χ2v) is 5.75. The van der Waals surface area contributed by atoms with Gasteiger partial charge in [-0.25, -0.2) is 9.18 Å². The Kier molecular flexibility index (Phi) is 4.73. The molecule has 2 aliphatic heterocycles. The smallest absolute Gasteiger partial charge is 0.414 e. The number of rotatable bonds is 5. The molecular weight excluding hydrogens is 333 g/mol. The molecule has 1 aromatic rings. The number of carbonyl (C=O) groups excluding carboxylic acids is 3. The largest absolute Gasteiger partial charge is 0.481 e. The minimum atomic E-state index is -0.644. The molecule has 1 atom stereocenters. The van der Waals surface area contributed by atoms with Crippen LogP contribution in [-0.2, 0) is 14.3 Å². The summed E-state index contributed by atoms with van der Waals surface area (Å²) < 4.78 is 22.7. The van der Waals surface area contributed by atoms with Gasteiger partial charge in [0.2, 0.25) is 5.91 Å². The minimum absolute atomic E-state index is 0.0269. The number of carbonyl (C=O) groups is 3.